The van der Waals surface area contributed by atoms with Gasteiger partial charge in [0.1, 0.15) is 35.9 Å². The summed E-state index contributed by atoms with van der Waals surface area (Å²) in [6.45, 7) is 0.969. The van der Waals surface area contributed by atoms with Crippen molar-refractivity contribution in [2.75, 3.05) is 6.61 Å². The van der Waals surface area contributed by atoms with Crippen LogP contribution in [-0.2, 0) is 17.8 Å². The van der Waals surface area contributed by atoms with E-state index < -0.39 is 43.9 Å². The lowest BCUT2D eigenvalue weighted by molar-refractivity contribution is -0.277. The van der Waals surface area contributed by atoms with E-state index in [-0.39, 0.29) is 11.5 Å². The van der Waals surface area contributed by atoms with Crippen molar-refractivity contribution in [3.63, 3.8) is 0 Å². The molecular weight excluding hydrogens is 320 g/mol. The van der Waals surface area contributed by atoms with Gasteiger partial charge in [0.15, 0.2) is 0 Å². The van der Waals surface area contributed by atoms with Crippen LogP contribution >= 0.6 is 0 Å². The van der Waals surface area contributed by atoms with E-state index in [1.165, 1.54) is 12.1 Å². The number of benzene rings is 1. The smallest absolute Gasteiger partial charge is 0.229 e. The second-order valence-electron chi connectivity index (χ2n) is 5.76. The van der Waals surface area contributed by atoms with Gasteiger partial charge in [0, 0.05) is 11.1 Å². The first-order chi connectivity index (χ1) is 11.4. The van der Waals surface area contributed by atoms with Crippen LogP contribution in [0.1, 0.15) is 24.5 Å². The third-order valence-corrected chi connectivity index (χ3v) is 4.11. The number of phenolic OH excluding ortho intramolecular Hbond substituents is 1. The van der Waals surface area contributed by atoms with Gasteiger partial charge in [-0.3, -0.25) is 0 Å². The Labute approximate surface area is 139 Å². The van der Waals surface area contributed by atoms with Crippen LogP contribution in [0.25, 0.3) is 0 Å². The molecule has 1 saturated heterocycles. The molecule has 136 valence electrons. The molecule has 5 atom stereocenters. The average molecular weight is 344 g/mol. The first-order valence-electron chi connectivity index (χ1n) is 7.86. The van der Waals surface area contributed by atoms with E-state index in [1.807, 2.05) is 6.92 Å². The Balaban J connectivity index is 2.28. The number of aliphatic hydroxyl groups excluding tert-OH is 5. The summed E-state index contributed by atoms with van der Waals surface area (Å²) in [5.74, 6) is 0.213. The lowest BCUT2D eigenvalue weighted by Crippen LogP contribution is -2.60. The highest BCUT2D eigenvalue weighted by atomic mass is 16.7. The van der Waals surface area contributed by atoms with E-state index in [9.17, 15) is 30.6 Å². The number of aromatic hydroxyl groups is 1. The molecule has 0 unspecified atom stereocenters. The second kappa shape index (κ2) is 8.11. The lowest BCUT2D eigenvalue weighted by Gasteiger charge is -2.39. The molecule has 0 radical (unpaired) electrons. The maximum absolute atomic E-state index is 10.0. The Morgan fingerprint density at radius 1 is 1.04 bits per heavy atom. The Morgan fingerprint density at radius 2 is 1.75 bits per heavy atom. The van der Waals surface area contributed by atoms with Gasteiger partial charge in [-0.15, -0.1) is 0 Å². The number of hydrogen-bond acceptors (Lipinski definition) is 8. The summed E-state index contributed by atoms with van der Waals surface area (Å²) in [5, 5.41) is 58.3. The zero-order valence-electron chi connectivity index (χ0n) is 13.4. The molecule has 0 bridgehead atoms. The van der Waals surface area contributed by atoms with Crippen molar-refractivity contribution >= 4 is 0 Å². The van der Waals surface area contributed by atoms with Gasteiger partial charge in [-0.05, 0) is 18.6 Å². The highest BCUT2D eigenvalue weighted by Gasteiger charge is 2.44. The SMILES string of the molecule is CCCc1c(O)ccc(O[C@H]2O[C@@H](CO)[C@@H](O)[C@@H](O)[C@H]2O)c1CO. The molecule has 0 aromatic heterocycles. The Hall–Kier alpha value is -1.42. The van der Waals surface area contributed by atoms with Crippen molar-refractivity contribution in [2.45, 2.75) is 57.1 Å². The summed E-state index contributed by atoms with van der Waals surface area (Å²) in [7, 11) is 0. The van der Waals surface area contributed by atoms with Gasteiger partial charge in [0.25, 0.3) is 0 Å². The van der Waals surface area contributed by atoms with Gasteiger partial charge in [-0.25, -0.2) is 0 Å². The predicted octanol–water partition coefficient (Wildman–Crippen LogP) is -0.984. The summed E-state index contributed by atoms with van der Waals surface area (Å²) in [4.78, 5) is 0. The fourth-order valence-corrected chi connectivity index (χ4v) is 2.76. The largest absolute Gasteiger partial charge is 0.508 e. The van der Waals surface area contributed by atoms with Crippen LogP contribution in [0, 0.1) is 0 Å². The van der Waals surface area contributed by atoms with Crippen LogP contribution in [0.5, 0.6) is 11.5 Å². The van der Waals surface area contributed by atoms with E-state index in [1.54, 1.807) is 0 Å². The zero-order valence-corrected chi connectivity index (χ0v) is 13.4. The van der Waals surface area contributed by atoms with Gasteiger partial charge < -0.3 is 40.1 Å². The minimum absolute atomic E-state index is 0.0297. The van der Waals surface area contributed by atoms with Gasteiger partial charge in [0.05, 0.1) is 13.2 Å². The van der Waals surface area contributed by atoms with Crippen LogP contribution in [0.3, 0.4) is 0 Å². The molecule has 2 rings (SSSR count). The first kappa shape index (κ1) is 18.9. The molecule has 24 heavy (non-hydrogen) atoms. The standard InChI is InChI=1S/C16H24O8/c1-2-3-8-9(6-17)11(5-4-10(8)19)23-16-15(22)14(21)13(20)12(7-18)24-16/h4-5,12-22H,2-3,6-7H2,1H3/t12-,13+,14+,15+,16-/m0/s1. The Morgan fingerprint density at radius 3 is 2.33 bits per heavy atom. The second-order valence-corrected chi connectivity index (χ2v) is 5.76. The summed E-state index contributed by atoms with van der Waals surface area (Å²) < 4.78 is 10.8. The molecule has 1 aliphatic rings. The molecule has 8 nitrogen and oxygen atoms in total. The minimum atomic E-state index is -1.55. The summed E-state index contributed by atoms with van der Waals surface area (Å²) in [6, 6.07) is 2.82. The van der Waals surface area contributed by atoms with Crippen molar-refractivity contribution in [3.05, 3.63) is 23.3 Å². The maximum Gasteiger partial charge on any atom is 0.229 e. The van der Waals surface area contributed by atoms with Crippen LogP contribution in [-0.4, -0.2) is 68.0 Å². The highest BCUT2D eigenvalue weighted by molar-refractivity contribution is 5.48. The molecule has 1 aromatic rings. The quantitative estimate of drug-likeness (QED) is 0.387. The molecule has 8 heteroatoms. The zero-order chi connectivity index (χ0) is 17.9. The monoisotopic (exact) mass is 344 g/mol. The molecule has 1 heterocycles. The van der Waals surface area contributed by atoms with Crippen molar-refractivity contribution in [1.29, 1.82) is 0 Å². The van der Waals surface area contributed by atoms with Crippen molar-refractivity contribution < 1.29 is 40.1 Å². The molecular formula is C16H24O8. The van der Waals surface area contributed by atoms with Crippen molar-refractivity contribution in [2.24, 2.45) is 0 Å². The van der Waals surface area contributed by atoms with E-state index in [0.29, 0.717) is 17.5 Å². The number of hydrogen-bond donors (Lipinski definition) is 6. The average Bonchev–Trinajstić information content (AvgIpc) is 2.58. The summed E-state index contributed by atoms with van der Waals surface area (Å²) in [5.41, 5.74) is 0.885. The third kappa shape index (κ3) is 3.64. The molecule has 6 N–H and O–H groups in total. The predicted molar refractivity (Wildman–Crippen MR) is 82.4 cm³/mol. The van der Waals surface area contributed by atoms with Gasteiger partial charge >= 0.3 is 0 Å². The van der Waals surface area contributed by atoms with Crippen molar-refractivity contribution in [1.82, 2.24) is 0 Å². The summed E-state index contributed by atoms with van der Waals surface area (Å²) in [6.07, 6.45) is -5.73. The topological polar surface area (TPSA) is 140 Å². The minimum Gasteiger partial charge on any atom is -0.508 e. The molecule has 1 aromatic carbocycles. The van der Waals surface area contributed by atoms with Crippen LogP contribution in [0.2, 0.25) is 0 Å². The van der Waals surface area contributed by atoms with E-state index in [2.05, 4.69) is 0 Å². The number of rotatable bonds is 6. The molecule has 1 aliphatic heterocycles. The van der Waals surface area contributed by atoms with Crippen LogP contribution in [0.4, 0.5) is 0 Å². The van der Waals surface area contributed by atoms with E-state index in [0.717, 1.165) is 6.42 Å². The highest BCUT2D eigenvalue weighted by Crippen LogP contribution is 2.33. The van der Waals surface area contributed by atoms with Crippen molar-refractivity contribution in [3.8, 4) is 11.5 Å². The van der Waals surface area contributed by atoms with Crippen LogP contribution in [0.15, 0.2) is 12.1 Å². The fraction of sp³-hybridized carbons (Fsp3) is 0.625. The molecule has 1 fully saturated rings. The molecule has 0 saturated carbocycles. The van der Waals surface area contributed by atoms with Gasteiger partial charge in [0.2, 0.25) is 6.29 Å². The first-order valence-corrected chi connectivity index (χ1v) is 7.86. The Kier molecular flexibility index (Phi) is 6.39. The van der Waals surface area contributed by atoms with E-state index >= 15 is 0 Å². The van der Waals surface area contributed by atoms with E-state index in [4.69, 9.17) is 9.47 Å². The maximum atomic E-state index is 10.0. The molecule has 0 amide bonds. The van der Waals surface area contributed by atoms with Gasteiger partial charge in [-0.1, -0.05) is 13.3 Å². The van der Waals surface area contributed by atoms with Crippen LogP contribution < -0.4 is 4.74 Å². The van der Waals surface area contributed by atoms with Gasteiger partial charge in [-0.2, -0.15) is 0 Å². The lowest BCUT2D eigenvalue weighted by atomic mass is 9.99. The number of phenols is 1. The number of aliphatic hydroxyl groups is 5. The Bertz CT molecular complexity index is 547. The normalized spacial score (nSPS) is 30.3. The number of ether oxygens (including phenoxy) is 2. The molecule has 0 spiro atoms. The molecule has 0 aliphatic carbocycles. The fourth-order valence-electron chi connectivity index (χ4n) is 2.76. The summed E-state index contributed by atoms with van der Waals surface area (Å²) >= 11 is 0. The third-order valence-electron chi connectivity index (χ3n) is 4.11.